The molecule has 0 radical (unpaired) electrons. The molecule has 230 valence electrons. The smallest absolute Gasteiger partial charge is 0.160 e. The van der Waals surface area contributed by atoms with Gasteiger partial charge in [0.1, 0.15) is 0 Å². The number of nitrogens with zero attached hydrogens (tertiary/aromatic N) is 2. The van der Waals surface area contributed by atoms with Crippen molar-refractivity contribution in [2.75, 3.05) is 0 Å². The number of rotatable bonds is 6. The molecule has 2 heterocycles. The lowest BCUT2D eigenvalue weighted by Crippen LogP contribution is -1.94. The minimum Gasteiger partial charge on any atom is -0.226 e. The third-order valence-electron chi connectivity index (χ3n) is 9.06. The Morgan fingerprint density at radius 2 is 0.755 bits per heavy atom. The van der Waals surface area contributed by atoms with Crippen LogP contribution >= 0.6 is 11.3 Å². The summed E-state index contributed by atoms with van der Waals surface area (Å²) in [5, 5.41) is 1.16. The van der Waals surface area contributed by atoms with Crippen LogP contribution in [0.15, 0.2) is 182 Å². The van der Waals surface area contributed by atoms with E-state index in [1.807, 2.05) is 6.07 Å². The van der Waals surface area contributed by atoms with E-state index in [1.165, 1.54) is 38.1 Å². The molecule has 0 aliphatic rings. The van der Waals surface area contributed by atoms with Gasteiger partial charge < -0.3 is 0 Å². The van der Waals surface area contributed by atoms with Gasteiger partial charge in [0.25, 0.3) is 0 Å². The van der Waals surface area contributed by atoms with E-state index in [4.69, 9.17) is 9.97 Å². The quantitative estimate of drug-likeness (QED) is 0.180. The number of thiophene rings is 1. The summed E-state index contributed by atoms with van der Waals surface area (Å²) >= 11 is 1.76. The third kappa shape index (κ3) is 5.61. The maximum Gasteiger partial charge on any atom is 0.160 e. The van der Waals surface area contributed by atoms with Crippen molar-refractivity contribution in [3.8, 4) is 67.2 Å². The fourth-order valence-electron chi connectivity index (χ4n) is 6.62. The monoisotopic (exact) mass is 642 g/mol. The molecule has 3 heteroatoms. The first-order chi connectivity index (χ1) is 24.3. The zero-order chi connectivity index (χ0) is 32.6. The second-order valence-electron chi connectivity index (χ2n) is 12.2. The van der Waals surface area contributed by atoms with E-state index < -0.39 is 0 Å². The van der Waals surface area contributed by atoms with Gasteiger partial charge in [-0.1, -0.05) is 146 Å². The van der Waals surface area contributed by atoms with Crippen molar-refractivity contribution in [3.63, 3.8) is 0 Å². The highest BCUT2D eigenvalue weighted by Gasteiger charge is 2.17. The van der Waals surface area contributed by atoms with Gasteiger partial charge in [-0.2, -0.15) is 0 Å². The highest BCUT2D eigenvalue weighted by Crippen LogP contribution is 2.40. The minimum atomic E-state index is 0.728. The topological polar surface area (TPSA) is 25.8 Å². The molecule has 0 aliphatic carbocycles. The maximum absolute atomic E-state index is 5.24. The molecule has 9 aromatic rings. The molecule has 0 unspecified atom stereocenters. The SMILES string of the molecule is c1ccc(-c2cccc(-c3cc(-c4ccccc4)cc(-c4cccc(-c5nc(-c6ccccc6)c6sc7ccccc7c6n5)c4)c3)c2)cc1. The molecule has 7 aromatic carbocycles. The lowest BCUT2D eigenvalue weighted by molar-refractivity contribution is 1.24. The Kier molecular flexibility index (Phi) is 7.38. The summed E-state index contributed by atoms with van der Waals surface area (Å²) in [6.07, 6.45) is 0. The first-order valence-corrected chi connectivity index (χ1v) is 17.3. The van der Waals surface area contributed by atoms with Gasteiger partial charge in [0.05, 0.1) is 15.9 Å². The average Bonchev–Trinajstić information content (AvgIpc) is 3.57. The predicted molar refractivity (Wildman–Crippen MR) is 208 cm³/mol. The number of hydrogen-bond donors (Lipinski definition) is 0. The molecule has 0 saturated carbocycles. The molecule has 9 rings (SSSR count). The van der Waals surface area contributed by atoms with Crippen LogP contribution < -0.4 is 0 Å². The van der Waals surface area contributed by atoms with E-state index in [1.54, 1.807) is 11.3 Å². The van der Waals surface area contributed by atoms with Crippen molar-refractivity contribution >= 4 is 31.6 Å². The normalized spacial score (nSPS) is 11.3. The molecule has 0 atom stereocenters. The Morgan fingerprint density at radius 3 is 1.39 bits per heavy atom. The van der Waals surface area contributed by atoms with Gasteiger partial charge in [0.2, 0.25) is 0 Å². The van der Waals surface area contributed by atoms with Gasteiger partial charge in [0.15, 0.2) is 5.82 Å². The van der Waals surface area contributed by atoms with E-state index in [-0.39, 0.29) is 0 Å². The van der Waals surface area contributed by atoms with E-state index in [0.717, 1.165) is 49.4 Å². The van der Waals surface area contributed by atoms with Crippen LogP contribution in [0.3, 0.4) is 0 Å². The van der Waals surface area contributed by atoms with Crippen molar-refractivity contribution < 1.29 is 0 Å². The highest BCUT2D eigenvalue weighted by molar-refractivity contribution is 7.26. The van der Waals surface area contributed by atoms with Crippen molar-refractivity contribution in [2.45, 2.75) is 0 Å². The summed E-state index contributed by atoms with van der Waals surface area (Å²) in [7, 11) is 0. The van der Waals surface area contributed by atoms with Crippen LogP contribution in [0.1, 0.15) is 0 Å². The number of fused-ring (bicyclic) bond motifs is 3. The molecular formula is C46H30N2S. The van der Waals surface area contributed by atoms with Crippen LogP contribution in [-0.2, 0) is 0 Å². The summed E-state index contributed by atoms with van der Waals surface area (Å²) in [5.41, 5.74) is 13.5. The first-order valence-electron chi connectivity index (χ1n) is 16.5. The second kappa shape index (κ2) is 12.5. The molecule has 0 fully saturated rings. The molecule has 0 spiro atoms. The summed E-state index contributed by atoms with van der Waals surface area (Å²) in [6.45, 7) is 0. The van der Waals surface area contributed by atoms with Crippen LogP contribution in [0.25, 0.3) is 87.5 Å². The first kappa shape index (κ1) is 29.0. The van der Waals surface area contributed by atoms with Crippen molar-refractivity contribution in [2.24, 2.45) is 0 Å². The zero-order valence-corrected chi connectivity index (χ0v) is 27.4. The number of aromatic nitrogens is 2. The number of benzene rings is 7. The van der Waals surface area contributed by atoms with E-state index >= 15 is 0 Å². The molecule has 0 saturated heterocycles. The third-order valence-corrected chi connectivity index (χ3v) is 10.2. The van der Waals surface area contributed by atoms with Gasteiger partial charge in [0, 0.05) is 21.2 Å². The van der Waals surface area contributed by atoms with Crippen LogP contribution in [-0.4, -0.2) is 9.97 Å². The van der Waals surface area contributed by atoms with E-state index in [0.29, 0.717) is 0 Å². The maximum atomic E-state index is 5.24. The Balaban J connectivity index is 1.20. The Bertz CT molecular complexity index is 2590. The van der Waals surface area contributed by atoms with Crippen LogP contribution in [0, 0.1) is 0 Å². The Hall–Kier alpha value is -6.16. The van der Waals surface area contributed by atoms with Crippen molar-refractivity contribution in [1.82, 2.24) is 9.97 Å². The Labute approximate surface area is 289 Å². The second-order valence-corrected chi connectivity index (χ2v) is 13.3. The fourth-order valence-corrected chi connectivity index (χ4v) is 7.77. The standard InChI is InChI=1S/C46H30N2S/c1-4-14-31(15-5-1)34-20-12-21-35(26-34)39-28-38(32-16-6-2-7-17-32)29-40(30-39)36-22-13-23-37(27-36)46-47-43(33-18-8-3-9-19-33)45-44(48-46)41-24-10-11-25-42(41)49-45/h1-30H. The number of hydrogen-bond acceptors (Lipinski definition) is 3. The molecule has 49 heavy (non-hydrogen) atoms. The lowest BCUT2D eigenvalue weighted by Gasteiger charge is -2.13. The average molecular weight is 643 g/mol. The van der Waals surface area contributed by atoms with Gasteiger partial charge in [-0.3, -0.25) is 0 Å². The van der Waals surface area contributed by atoms with Crippen molar-refractivity contribution in [3.05, 3.63) is 182 Å². The largest absolute Gasteiger partial charge is 0.226 e. The van der Waals surface area contributed by atoms with Crippen LogP contribution in [0.2, 0.25) is 0 Å². The highest BCUT2D eigenvalue weighted by atomic mass is 32.1. The van der Waals surface area contributed by atoms with Crippen LogP contribution in [0.4, 0.5) is 0 Å². The fraction of sp³-hybridized carbons (Fsp3) is 0. The summed E-state index contributed by atoms with van der Waals surface area (Å²) in [5.74, 6) is 0.728. The molecule has 0 bridgehead atoms. The van der Waals surface area contributed by atoms with E-state index in [9.17, 15) is 0 Å². The molecule has 0 aliphatic heterocycles. The summed E-state index contributed by atoms with van der Waals surface area (Å²) in [6, 6.07) is 64.6. The minimum absolute atomic E-state index is 0.728. The molecule has 2 nitrogen and oxygen atoms in total. The van der Waals surface area contributed by atoms with Crippen LogP contribution in [0.5, 0.6) is 0 Å². The molecular weight excluding hydrogens is 613 g/mol. The summed E-state index contributed by atoms with van der Waals surface area (Å²) in [4.78, 5) is 10.5. The molecule has 2 aromatic heterocycles. The van der Waals surface area contributed by atoms with Gasteiger partial charge in [-0.05, 0) is 80.9 Å². The Morgan fingerprint density at radius 1 is 0.327 bits per heavy atom. The van der Waals surface area contributed by atoms with Gasteiger partial charge >= 0.3 is 0 Å². The zero-order valence-electron chi connectivity index (χ0n) is 26.6. The lowest BCUT2D eigenvalue weighted by atomic mass is 9.91. The van der Waals surface area contributed by atoms with E-state index in [2.05, 4.69) is 176 Å². The van der Waals surface area contributed by atoms with Gasteiger partial charge in [-0.15, -0.1) is 11.3 Å². The predicted octanol–water partition coefficient (Wildman–Crippen LogP) is 12.8. The van der Waals surface area contributed by atoms with Crippen molar-refractivity contribution in [1.29, 1.82) is 0 Å². The summed E-state index contributed by atoms with van der Waals surface area (Å²) < 4.78 is 2.33. The molecule has 0 N–H and O–H groups in total. The van der Waals surface area contributed by atoms with Gasteiger partial charge in [-0.25, -0.2) is 9.97 Å². The molecule has 0 amide bonds.